The standard InChI is InChI=1S/C36H52IN9O4Si/c1-11-27-26-20-28(39-21-29(26)46(41-27)31-14-12-13-17-47-31)32-25(3)40-44(8)35(32)50-24(2)22-43(7)23-30-33(37)34(48-18-15-38)42-45(30)16-19-49-51(9,10)36(4,5)6/h11,20-21,24,31H,1,12-14,16-19,22-23H2,2-10H3/t24-,31?/m0/s1. The molecule has 0 saturated carbocycles. The Bertz CT molecular complexity index is 1880. The van der Waals surface area contributed by atoms with E-state index in [-0.39, 0.29) is 24.0 Å². The van der Waals surface area contributed by atoms with Crippen LogP contribution in [0.3, 0.4) is 0 Å². The molecule has 1 saturated heterocycles. The molecule has 1 unspecified atom stereocenters. The molecular weight excluding hydrogens is 777 g/mol. The fourth-order valence-corrected chi connectivity index (χ4v) is 7.87. The third-order valence-electron chi connectivity index (χ3n) is 9.78. The topological polar surface area (TPSA) is 130 Å². The smallest absolute Gasteiger partial charge is 0.247 e. The molecule has 4 aromatic heterocycles. The van der Waals surface area contributed by atoms with Gasteiger partial charge in [-0.05, 0) is 93.0 Å². The number of pyridine rings is 1. The van der Waals surface area contributed by atoms with Gasteiger partial charge in [-0.15, -0.1) is 5.10 Å². The third kappa shape index (κ3) is 8.68. The van der Waals surface area contributed by atoms with Crippen molar-refractivity contribution in [3.05, 3.63) is 39.5 Å². The highest BCUT2D eigenvalue weighted by molar-refractivity contribution is 14.1. The average Bonchev–Trinajstić information content (AvgIpc) is 3.69. The van der Waals surface area contributed by atoms with E-state index >= 15 is 0 Å². The Morgan fingerprint density at radius 2 is 2.02 bits per heavy atom. The number of rotatable bonds is 15. The van der Waals surface area contributed by atoms with E-state index in [2.05, 4.69) is 88.0 Å². The molecule has 5 heterocycles. The largest absolute Gasteiger partial charge is 0.473 e. The van der Waals surface area contributed by atoms with Crippen molar-refractivity contribution in [2.24, 2.45) is 7.05 Å². The van der Waals surface area contributed by atoms with Crippen molar-refractivity contribution >= 4 is 47.9 Å². The van der Waals surface area contributed by atoms with E-state index in [1.165, 1.54) is 0 Å². The van der Waals surface area contributed by atoms with Crippen LogP contribution in [0.15, 0.2) is 18.8 Å². The molecule has 0 aromatic carbocycles. The SMILES string of the molecule is C=Cc1nn(C2CCCCO2)c2cnc(-c3c(C)nn(C)c3O[C@@H](C)CN(C)Cc3c(I)c(OCC#N)nn3CCO[Si](C)(C)C(C)(C)C)cc12. The van der Waals surface area contributed by atoms with Crippen LogP contribution in [0.2, 0.25) is 18.1 Å². The number of nitriles is 1. The second-order valence-electron chi connectivity index (χ2n) is 14.8. The number of ether oxygens (including phenoxy) is 3. The van der Waals surface area contributed by atoms with E-state index in [4.69, 9.17) is 44.2 Å². The summed E-state index contributed by atoms with van der Waals surface area (Å²) in [6, 6.07) is 4.10. The number of aromatic nitrogens is 7. The Balaban J connectivity index is 1.33. The zero-order valence-corrected chi connectivity index (χ0v) is 34.7. The van der Waals surface area contributed by atoms with Crippen molar-refractivity contribution in [3.8, 4) is 29.1 Å². The van der Waals surface area contributed by atoms with Gasteiger partial charge in [-0.1, -0.05) is 27.4 Å². The minimum Gasteiger partial charge on any atom is -0.473 e. The molecule has 1 aliphatic heterocycles. The second-order valence-corrected chi connectivity index (χ2v) is 20.7. The Morgan fingerprint density at radius 3 is 2.69 bits per heavy atom. The number of hydrogen-bond donors (Lipinski definition) is 0. The van der Waals surface area contributed by atoms with E-state index in [9.17, 15) is 0 Å². The number of hydrogen-bond acceptors (Lipinski definition) is 10. The summed E-state index contributed by atoms with van der Waals surface area (Å²) in [5.74, 6) is 1.12. The average molecular weight is 830 g/mol. The summed E-state index contributed by atoms with van der Waals surface area (Å²) < 4.78 is 31.4. The van der Waals surface area contributed by atoms with E-state index in [0.717, 1.165) is 68.7 Å². The molecule has 15 heteroatoms. The normalized spacial score (nSPS) is 16.1. The Labute approximate surface area is 316 Å². The molecule has 0 aliphatic carbocycles. The van der Waals surface area contributed by atoms with Crippen LogP contribution in [0.1, 0.15) is 70.3 Å². The fourth-order valence-electron chi connectivity index (χ4n) is 6.12. The maximum atomic E-state index is 9.13. The van der Waals surface area contributed by atoms with Gasteiger partial charge in [0, 0.05) is 32.1 Å². The predicted octanol–water partition coefficient (Wildman–Crippen LogP) is 7.11. The highest BCUT2D eigenvalue weighted by Gasteiger charge is 2.37. The number of likely N-dealkylation sites (N-methyl/N-ethyl adjacent to an activating group) is 1. The number of fused-ring (bicyclic) bond motifs is 1. The van der Waals surface area contributed by atoms with Gasteiger partial charge < -0.3 is 18.6 Å². The first kappa shape index (κ1) is 38.9. The van der Waals surface area contributed by atoms with E-state index in [0.29, 0.717) is 38.0 Å². The quantitative estimate of drug-likeness (QED) is 0.0904. The molecule has 0 N–H and O–H groups in total. The Morgan fingerprint density at radius 1 is 1.25 bits per heavy atom. The first-order valence-electron chi connectivity index (χ1n) is 17.6. The van der Waals surface area contributed by atoms with Gasteiger partial charge in [-0.3, -0.25) is 14.6 Å². The summed E-state index contributed by atoms with van der Waals surface area (Å²) in [4.78, 5) is 7.09. The highest BCUT2D eigenvalue weighted by Crippen LogP contribution is 2.38. The molecule has 13 nitrogen and oxygen atoms in total. The maximum absolute atomic E-state index is 9.13. The van der Waals surface area contributed by atoms with Crippen LogP contribution in [0.25, 0.3) is 28.2 Å². The summed E-state index contributed by atoms with van der Waals surface area (Å²) in [5, 5.41) is 24.5. The summed E-state index contributed by atoms with van der Waals surface area (Å²) >= 11 is 2.27. The van der Waals surface area contributed by atoms with Crippen LogP contribution in [-0.2, 0) is 29.3 Å². The minimum absolute atomic E-state index is 0.0615. The molecule has 0 amide bonds. The molecule has 4 aromatic rings. The molecule has 1 aliphatic rings. The first-order valence-corrected chi connectivity index (χ1v) is 21.5. The van der Waals surface area contributed by atoms with Crippen LogP contribution >= 0.6 is 22.6 Å². The number of nitrogens with zero attached hydrogens (tertiary/aromatic N) is 9. The minimum atomic E-state index is -1.92. The fraction of sp³-hybridized carbons (Fsp3) is 0.583. The molecule has 0 bridgehead atoms. The van der Waals surface area contributed by atoms with Crippen molar-refractivity contribution < 1.29 is 18.6 Å². The summed E-state index contributed by atoms with van der Waals surface area (Å²) in [7, 11) is 2.03. The van der Waals surface area contributed by atoms with Crippen LogP contribution in [0.5, 0.6) is 11.8 Å². The summed E-state index contributed by atoms with van der Waals surface area (Å²) in [6.45, 7) is 22.3. The lowest BCUT2D eigenvalue weighted by molar-refractivity contribution is -0.0367. The van der Waals surface area contributed by atoms with Crippen molar-refractivity contribution in [1.82, 2.24) is 39.2 Å². The molecule has 51 heavy (non-hydrogen) atoms. The summed E-state index contributed by atoms with van der Waals surface area (Å²) in [5.41, 5.74) is 5.15. The van der Waals surface area contributed by atoms with Gasteiger partial charge in [0.05, 0.1) is 56.8 Å². The van der Waals surface area contributed by atoms with Gasteiger partial charge in [-0.25, -0.2) is 9.36 Å². The number of aryl methyl sites for hydroxylation is 2. The van der Waals surface area contributed by atoms with E-state index in [1.807, 2.05) is 35.6 Å². The maximum Gasteiger partial charge on any atom is 0.247 e. The molecule has 2 atom stereocenters. The monoisotopic (exact) mass is 829 g/mol. The van der Waals surface area contributed by atoms with E-state index < -0.39 is 8.32 Å². The van der Waals surface area contributed by atoms with Crippen LogP contribution in [0, 0.1) is 21.8 Å². The molecule has 1 fully saturated rings. The molecule has 0 spiro atoms. The Kier molecular flexibility index (Phi) is 12.3. The Hall–Kier alpha value is -3.30. The zero-order valence-electron chi connectivity index (χ0n) is 31.5. The van der Waals surface area contributed by atoms with Crippen LogP contribution in [0.4, 0.5) is 0 Å². The lowest BCUT2D eigenvalue weighted by Gasteiger charge is -2.36. The third-order valence-corrected chi connectivity index (χ3v) is 15.4. The lowest BCUT2D eigenvalue weighted by Crippen LogP contribution is -2.41. The molecule has 0 radical (unpaired) electrons. The van der Waals surface area contributed by atoms with Crippen molar-refractivity contribution in [2.45, 2.75) is 97.4 Å². The molecule has 5 rings (SSSR count). The summed E-state index contributed by atoms with van der Waals surface area (Å²) in [6.07, 6.45) is 6.46. The van der Waals surface area contributed by atoms with Crippen LogP contribution in [-0.4, -0.2) is 87.1 Å². The van der Waals surface area contributed by atoms with Gasteiger partial charge in [-0.2, -0.15) is 15.5 Å². The number of halogens is 1. The zero-order chi connectivity index (χ0) is 37.1. The van der Waals surface area contributed by atoms with Gasteiger partial charge >= 0.3 is 0 Å². The van der Waals surface area contributed by atoms with Crippen molar-refractivity contribution in [1.29, 1.82) is 5.26 Å². The van der Waals surface area contributed by atoms with Crippen LogP contribution < -0.4 is 9.47 Å². The first-order chi connectivity index (χ1) is 24.1. The van der Waals surface area contributed by atoms with Gasteiger partial charge in [0.2, 0.25) is 11.8 Å². The van der Waals surface area contributed by atoms with Gasteiger partial charge in [0.1, 0.15) is 12.2 Å². The highest BCUT2D eigenvalue weighted by atomic mass is 127. The second kappa shape index (κ2) is 16.2. The molecule has 276 valence electrons. The van der Waals surface area contributed by atoms with Crippen molar-refractivity contribution in [2.75, 3.05) is 33.4 Å². The van der Waals surface area contributed by atoms with E-state index in [1.54, 1.807) is 10.8 Å². The van der Waals surface area contributed by atoms with Gasteiger partial charge in [0.25, 0.3) is 0 Å². The van der Waals surface area contributed by atoms with Gasteiger partial charge in [0.15, 0.2) is 21.2 Å². The predicted molar refractivity (Wildman–Crippen MR) is 209 cm³/mol. The van der Waals surface area contributed by atoms with Crippen molar-refractivity contribution in [3.63, 3.8) is 0 Å². The lowest BCUT2D eigenvalue weighted by atomic mass is 10.1. The molecular formula is C36H52IN9O4Si.